The lowest BCUT2D eigenvalue weighted by Crippen LogP contribution is -2.32. The molecule has 2 heterocycles. The number of aromatic nitrogens is 2. The fourth-order valence-electron chi connectivity index (χ4n) is 2.71. The molecule has 0 aliphatic rings. The van der Waals surface area contributed by atoms with Gasteiger partial charge in [-0.05, 0) is 50.2 Å². The number of halogens is 2. The Morgan fingerprint density at radius 2 is 2.16 bits per heavy atom. The average Bonchev–Trinajstić information content (AvgIpc) is 3.18. The second-order valence-corrected chi connectivity index (χ2v) is 6.14. The molecule has 0 aliphatic carbocycles. The van der Waals surface area contributed by atoms with Gasteiger partial charge in [0, 0.05) is 12.2 Å². The first kappa shape index (κ1) is 17.2. The molecule has 1 atom stereocenters. The number of hydrogen-bond acceptors (Lipinski definition) is 3. The highest BCUT2D eigenvalue weighted by molar-refractivity contribution is 6.33. The van der Waals surface area contributed by atoms with Gasteiger partial charge in [-0.3, -0.25) is 9.48 Å². The number of rotatable bonds is 5. The molecule has 130 valence electrons. The smallest absolute Gasteiger partial charge is 0.252 e. The van der Waals surface area contributed by atoms with E-state index in [1.165, 1.54) is 12.1 Å². The molecule has 0 spiro atoms. The Balaban J connectivity index is 1.82. The van der Waals surface area contributed by atoms with Crippen molar-refractivity contribution < 1.29 is 13.6 Å². The van der Waals surface area contributed by atoms with Crippen LogP contribution in [0.1, 0.15) is 33.5 Å². The van der Waals surface area contributed by atoms with Crippen molar-refractivity contribution in [2.24, 2.45) is 0 Å². The molecule has 2 aromatic heterocycles. The number of hydrogen-bond donors (Lipinski definition) is 1. The van der Waals surface area contributed by atoms with E-state index in [0.717, 1.165) is 17.5 Å². The van der Waals surface area contributed by atoms with Crippen LogP contribution in [0.5, 0.6) is 0 Å². The standard InChI is InChI=1S/C18H17ClFN3O2/c1-11-8-12(2)23(22-11)16(17-4-3-7-25-17)10-21-18(24)14-6-5-13(20)9-15(14)19/h3-9,16H,10H2,1-2H3,(H,21,24). The van der Waals surface area contributed by atoms with E-state index in [9.17, 15) is 9.18 Å². The topological polar surface area (TPSA) is 60.1 Å². The zero-order chi connectivity index (χ0) is 18.0. The summed E-state index contributed by atoms with van der Waals surface area (Å²) in [6.45, 7) is 4.09. The van der Waals surface area contributed by atoms with Gasteiger partial charge in [-0.2, -0.15) is 5.10 Å². The van der Waals surface area contributed by atoms with Crippen LogP contribution in [0.25, 0.3) is 0 Å². The van der Waals surface area contributed by atoms with Crippen molar-refractivity contribution in [2.75, 3.05) is 6.54 Å². The monoisotopic (exact) mass is 361 g/mol. The Kier molecular flexibility index (Phi) is 4.90. The fourth-order valence-corrected chi connectivity index (χ4v) is 2.96. The average molecular weight is 362 g/mol. The number of amides is 1. The van der Waals surface area contributed by atoms with Gasteiger partial charge in [-0.25, -0.2) is 4.39 Å². The van der Waals surface area contributed by atoms with Crippen LogP contribution in [0.15, 0.2) is 47.1 Å². The largest absolute Gasteiger partial charge is 0.467 e. The molecule has 25 heavy (non-hydrogen) atoms. The quantitative estimate of drug-likeness (QED) is 0.749. The Bertz CT molecular complexity index is 890. The predicted octanol–water partition coefficient (Wildman–Crippen LogP) is 3.90. The van der Waals surface area contributed by atoms with E-state index in [1.54, 1.807) is 17.0 Å². The molecular formula is C18H17ClFN3O2. The van der Waals surface area contributed by atoms with Gasteiger partial charge >= 0.3 is 0 Å². The molecule has 1 N–H and O–H groups in total. The predicted molar refractivity (Wildman–Crippen MR) is 92.3 cm³/mol. The van der Waals surface area contributed by atoms with Crippen molar-refractivity contribution in [2.45, 2.75) is 19.9 Å². The van der Waals surface area contributed by atoms with Gasteiger partial charge in [0.1, 0.15) is 17.6 Å². The zero-order valence-electron chi connectivity index (χ0n) is 13.8. The maximum Gasteiger partial charge on any atom is 0.252 e. The second-order valence-electron chi connectivity index (χ2n) is 5.74. The maximum atomic E-state index is 13.1. The van der Waals surface area contributed by atoms with Crippen molar-refractivity contribution in [3.8, 4) is 0 Å². The van der Waals surface area contributed by atoms with Crippen molar-refractivity contribution >= 4 is 17.5 Å². The van der Waals surface area contributed by atoms with Gasteiger partial charge in [0.15, 0.2) is 0 Å². The summed E-state index contributed by atoms with van der Waals surface area (Å²) in [6.07, 6.45) is 1.58. The number of carbonyl (C=O) groups is 1. The lowest BCUT2D eigenvalue weighted by Gasteiger charge is -2.18. The van der Waals surface area contributed by atoms with Crippen molar-refractivity contribution in [1.82, 2.24) is 15.1 Å². The summed E-state index contributed by atoms with van der Waals surface area (Å²) in [5.74, 6) is -0.197. The lowest BCUT2D eigenvalue weighted by atomic mass is 10.2. The molecule has 0 saturated heterocycles. The fraction of sp³-hybridized carbons (Fsp3) is 0.222. The molecule has 3 rings (SSSR count). The highest BCUT2D eigenvalue weighted by atomic mass is 35.5. The van der Waals surface area contributed by atoms with E-state index in [0.29, 0.717) is 5.76 Å². The summed E-state index contributed by atoms with van der Waals surface area (Å²) in [7, 11) is 0. The first-order valence-electron chi connectivity index (χ1n) is 7.75. The third-order valence-corrected chi connectivity index (χ3v) is 4.16. The second kappa shape index (κ2) is 7.11. The number of aryl methyl sites for hydroxylation is 2. The Labute approximate surface area is 149 Å². The first-order valence-corrected chi connectivity index (χ1v) is 8.13. The van der Waals surface area contributed by atoms with Crippen molar-refractivity contribution in [3.63, 3.8) is 0 Å². The lowest BCUT2D eigenvalue weighted by molar-refractivity contribution is 0.0948. The van der Waals surface area contributed by atoms with Crippen molar-refractivity contribution in [1.29, 1.82) is 0 Å². The van der Waals surface area contributed by atoms with Crippen LogP contribution in [0.3, 0.4) is 0 Å². The van der Waals surface area contributed by atoms with E-state index in [4.69, 9.17) is 16.0 Å². The van der Waals surface area contributed by atoms with E-state index >= 15 is 0 Å². The first-order chi connectivity index (χ1) is 12.0. The van der Waals surface area contributed by atoms with Crippen LogP contribution in [0.2, 0.25) is 5.02 Å². The van der Waals surface area contributed by atoms with Crippen molar-refractivity contribution in [3.05, 3.63) is 76.2 Å². The minimum absolute atomic E-state index is 0.0677. The summed E-state index contributed by atoms with van der Waals surface area (Å²) < 4.78 is 20.4. The molecule has 0 fully saturated rings. The van der Waals surface area contributed by atoms with E-state index in [1.807, 2.05) is 26.0 Å². The SMILES string of the molecule is Cc1cc(C)n(C(CNC(=O)c2ccc(F)cc2Cl)c2ccco2)n1. The van der Waals surface area contributed by atoms with Crippen LogP contribution in [0, 0.1) is 19.7 Å². The van der Waals surface area contributed by atoms with Gasteiger partial charge in [0.05, 0.1) is 22.5 Å². The number of benzene rings is 1. The van der Waals surface area contributed by atoms with E-state index in [-0.39, 0.29) is 29.1 Å². The van der Waals surface area contributed by atoms with Gasteiger partial charge < -0.3 is 9.73 Å². The Morgan fingerprint density at radius 1 is 1.36 bits per heavy atom. The molecule has 3 aromatic rings. The normalized spacial score (nSPS) is 12.2. The maximum absolute atomic E-state index is 13.1. The molecule has 0 bridgehead atoms. The summed E-state index contributed by atoms with van der Waals surface area (Å²) >= 11 is 5.95. The third-order valence-electron chi connectivity index (χ3n) is 3.84. The molecule has 0 saturated carbocycles. The minimum atomic E-state index is -0.488. The highest BCUT2D eigenvalue weighted by Gasteiger charge is 2.21. The summed E-state index contributed by atoms with van der Waals surface area (Å²) in [4.78, 5) is 12.4. The third kappa shape index (κ3) is 3.74. The Hall–Kier alpha value is -2.60. The highest BCUT2D eigenvalue weighted by Crippen LogP contribution is 2.21. The summed E-state index contributed by atoms with van der Waals surface area (Å²) in [6, 6.07) is 8.94. The molecule has 1 unspecified atom stereocenters. The zero-order valence-corrected chi connectivity index (χ0v) is 14.5. The molecule has 0 aliphatic heterocycles. The molecule has 0 radical (unpaired) electrons. The number of nitrogens with one attached hydrogen (secondary N) is 1. The molecule has 5 nitrogen and oxygen atoms in total. The van der Waals surface area contributed by atoms with E-state index < -0.39 is 5.82 Å². The number of nitrogens with zero attached hydrogens (tertiary/aromatic N) is 2. The molecule has 1 aromatic carbocycles. The van der Waals surface area contributed by atoms with Gasteiger partial charge in [-0.15, -0.1) is 0 Å². The van der Waals surface area contributed by atoms with Crippen LogP contribution < -0.4 is 5.32 Å². The van der Waals surface area contributed by atoms with Crippen LogP contribution in [0.4, 0.5) is 4.39 Å². The van der Waals surface area contributed by atoms with Crippen LogP contribution >= 0.6 is 11.6 Å². The summed E-state index contributed by atoms with van der Waals surface area (Å²) in [5, 5.41) is 7.36. The van der Waals surface area contributed by atoms with E-state index in [2.05, 4.69) is 10.4 Å². The molecule has 1 amide bonds. The summed E-state index contributed by atoms with van der Waals surface area (Å²) in [5.41, 5.74) is 2.05. The molecule has 7 heteroatoms. The van der Waals surface area contributed by atoms with Gasteiger partial charge in [-0.1, -0.05) is 11.6 Å². The van der Waals surface area contributed by atoms with Crippen LogP contribution in [-0.4, -0.2) is 22.2 Å². The van der Waals surface area contributed by atoms with Crippen LogP contribution in [-0.2, 0) is 0 Å². The number of furan rings is 1. The molecular weight excluding hydrogens is 345 g/mol. The number of carbonyl (C=O) groups excluding carboxylic acids is 1. The minimum Gasteiger partial charge on any atom is -0.467 e. The Morgan fingerprint density at radius 3 is 2.76 bits per heavy atom. The van der Waals surface area contributed by atoms with Gasteiger partial charge in [0.25, 0.3) is 5.91 Å². The van der Waals surface area contributed by atoms with Gasteiger partial charge in [0.2, 0.25) is 0 Å².